The van der Waals surface area contributed by atoms with Crippen LogP contribution in [0.1, 0.15) is 46.8 Å². The first-order valence-electron chi connectivity index (χ1n) is 10.8. The Morgan fingerprint density at radius 3 is 2.68 bits per heavy atom. The van der Waals surface area contributed by atoms with Gasteiger partial charge in [-0.15, -0.1) is 0 Å². The van der Waals surface area contributed by atoms with Crippen LogP contribution in [0.2, 0.25) is 0 Å². The molecule has 0 amide bonds. The van der Waals surface area contributed by atoms with Crippen LogP contribution in [0.4, 0.5) is 0 Å². The lowest BCUT2D eigenvalue weighted by atomic mass is 9.90. The lowest BCUT2D eigenvalue weighted by Crippen LogP contribution is -2.28. The van der Waals surface area contributed by atoms with Gasteiger partial charge in [0.1, 0.15) is 5.75 Å². The maximum Gasteiger partial charge on any atom is 0.231 e. The average molecular weight is 424 g/mol. The Kier molecular flexibility index (Phi) is 6.47. The molecule has 0 fully saturated rings. The highest BCUT2D eigenvalue weighted by atomic mass is 16.7. The van der Waals surface area contributed by atoms with Crippen LogP contribution in [0.15, 0.2) is 30.3 Å². The third kappa shape index (κ3) is 4.39. The highest BCUT2D eigenvalue weighted by Gasteiger charge is 2.34. The fraction of sp³-hybridized carbons (Fsp3) is 0.400. The third-order valence-electron chi connectivity index (χ3n) is 5.68. The molecule has 2 aromatic carbocycles. The summed E-state index contributed by atoms with van der Waals surface area (Å²) in [5.74, 6) is 2.45. The summed E-state index contributed by atoms with van der Waals surface area (Å²) in [6.45, 7) is 4.53. The summed E-state index contributed by atoms with van der Waals surface area (Å²) in [6.07, 6.45) is 6.33. The second-order valence-corrected chi connectivity index (χ2v) is 7.89. The van der Waals surface area contributed by atoms with Crippen molar-refractivity contribution >= 4 is 11.9 Å². The number of carbonyl (C=O) groups is 1. The van der Waals surface area contributed by atoms with Gasteiger partial charge in [0, 0.05) is 18.7 Å². The Labute approximate surface area is 183 Å². The number of ether oxygens (including phenoxy) is 4. The maximum atomic E-state index is 13.3. The monoisotopic (exact) mass is 423 g/mol. The van der Waals surface area contributed by atoms with Crippen molar-refractivity contribution in [3.8, 4) is 23.0 Å². The molecule has 4 rings (SSSR count). The van der Waals surface area contributed by atoms with Crippen LogP contribution in [-0.2, 0) is 13.0 Å². The number of hydrogen-bond donors (Lipinski definition) is 0. The lowest BCUT2D eigenvalue weighted by molar-refractivity contribution is 0.104. The number of allylic oxidation sites excluding steroid dienone is 1. The van der Waals surface area contributed by atoms with E-state index >= 15 is 0 Å². The summed E-state index contributed by atoms with van der Waals surface area (Å²) in [5.41, 5.74) is 3.53. The first-order chi connectivity index (χ1) is 15.1. The molecule has 2 heterocycles. The number of rotatable bonds is 8. The molecule has 0 unspecified atom stereocenters. The van der Waals surface area contributed by atoms with Crippen LogP contribution >= 0.6 is 0 Å². The minimum absolute atomic E-state index is 0.0894. The van der Waals surface area contributed by atoms with Crippen molar-refractivity contribution in [2.45, 2.75) is 32.7 Å². The minimum Gasteiger partial charge on any atom is -0.494 e. The summed E-state index contributed by atoms with van der Waals surface area (Å²) in [5, 5.41) is 0. The Bertz CT molecular complexity index is 981. The lowest BCUT2D eigenvalue weighted by Gasteiger charge is -2.28. The Balaban J connectivity index is 1.60. The minimum atomic E-state index is -0.0894. The molecule has 0 atom stereocenters. The zero-order valence-corrected chi connectivity index (χ0v) is 18.4. The van der Waals surface area contributed by atoms with E-state index in [1.54, 1.807) is 13.2 Å². The van der Waals surface area contributed by atoms with Crippen molar-refractivity contribution in [1.29, 1.82) is 0 Å². The van der Waals surface area contributed by atoms with E-state index in [-0.39, 0.29) is 12.6 Å². The van der Waals surface area contributed by atoms with Crippen molar-refractivity contribution < 1.29 is 23.7 Å². The molecule has 0 aromatic heterocycles. The fourth-order valence-corrected chi connectivity index (χ4v) is 4.03. The topological polar surface area (TPSA) is 57.2 Å². The van der Waals surface area contributed by atoms with Gasteiger partial charge in [0.25, 0.3) is 0 Å². The number of benzene rings is 2. The van der Waals surface area contributed by atoms with E-state index in [4.69, 9.17) is 18.9 Å². The third-order valence-corrected chi connectivity index (χ3v) is 5.68. The zero-order chi connectivity index (χ0) is 21.8. The Morgan fingerprint density at radius 1 is 1.16 bits per heavy atom. The first-order valence-corrected chi connectivity index (χ1v) is 10.8. The van der Waals surface area contributed by atoms with Gasteiger partial charge in [0.05, 0.1) is 19.3 Å². The summed E-state index contributed by atoms with van der Waals surface area (Å²) in [7, 11) is 3.69. The van der Waals surface area contributed by atoms with E-state index in [1.165, 1.54) is 0 Å². The summed E-state index contributed by atoms with van der Waals surface area (Å²) < 4.78 is 22.7. The molecule has 0 radical (unpaired) electrons. The van der Waals surface area contributed by atoms with Crippen molar-refractivity contribution in [2.75, 3.05) is 34.1 Å². The molecule has 0 aliphatic carbocycles. The molecule has 0 N–H and O–H groups in total. The molecule has 2 aliphatic heterocycles. The van der Waals surface area contributed by atoms with Gasteiger partial charge in [-0.3, -0.25) is 4.79 Å². The van der Waals surface area contributed by atoms with Crippen LogP contribution < -0.4 is 18.9 Å². The summed E-state index contributed by atoms with van der Waals surface area (Å²) >= 11 is 0. The van der Waals surface area contributed by atoms with Crippen LogP contribution in [-0.4, -0.2) is 44.8 Å². The van der Waals surface area contributed by atoms with Gasteiger partial charge >= 0.3 is 0 Å². The van der Waals surface area contributed by atoms with Gasteiger partial charge in [-0.05, 0) is 49.2 Å². The molecule has 31 heavy (non-hydrogen) atoms. The Hall–Kier alpha value is -2.99. The van der Waals surface area contributed by atoms with Crippen LogP contribution in [0.3, 0.4) is 0 Å². The predicted molar refractivity (Wildman–Crippen MR) is 119 cm³/mol. The molecule has 164 valence electrons. The molecule has 0 saturated carbocycles. The smallest absolute Gasteiger partial charge is 0.231 e. The number of methoxy groups -OCH3 is 1. The molecule has 2 aromatic rings. The highest BCUT2D eigenvalue weighted by Crippen LogP contribution is 2.49. The molecule has 6 nitrogen and oxygen atoms in total. The highest BCUT2D eigenvalue weighted by molar-refractivity contribution is 6.11. The van der Waals surface area contributed by atoms with Crippen molar-refractivity contribution in [1.82, 2.24) is 4.90 Å². The quantitative estimate of drug-likeness (QED) is 0.354. The van der Waals surface area contributed by atoms with E-state index in [1.807, 2.05) is 30.3 Å². The number of ketones is 1. The van der Waals surface area contributed by atoms with E-state index in [2.05, 4.69) is 18.9 Å². The van der Waals surface area contributed by atoms with E-state index < -0.39 is 0 Å². The number of nitrogens with zero attached hydrogens (tertiary/aromatic N) is 1. The Morgan fingerprint density at radius 2 is 1.94 bits per heavy atom. The largest absolute Gasteiger partial charge is 0.494 e. The van der Waals surface area contributed by atoms with Crippen LogP contribution in [0.25, 0.3) is 6.08 Å². The van der Waals surface area contributed by atoms with Crippen LogP contribution in [0, 0.1) is 0 Å². The molecular weight excluding hydrogens is 394 g/mol. The predicted octanol–water partition coefficient (Wildman–Crippen LogP) is 4.49. The van der Waals surface area contributed by atoms with E-state index in [9.17, 15) is 4.79 Å². The van der Waals surface area contributed by atoms with E-state index in [0.717, 1.165) is 54.9 Å². The standard InChI is InChI=1S/C25H29NO5/c1-4-5-14-29-18-9-6-17(7-10-18)8-11-21(27)22-19-12-13-26(2)15-20(19)23(28-3)25-24(22)30-16-31-25/h6-11H,4-5,12-16H2,1-3H3/b11-8+. The molecular formula is C25H29NO5. The van der Waals surface area contributed by atoms with Crippen LogP contribution in [0.5, 0.6) is 23.0 Å². The van der Waals surface area contributed by atoms with Gasteiger partial charge in [-0.2, -0.15) is 0 Å². The van der Waals surface area contributed by atoms with Gasteiger partial charge < -0.3 is 23.8 Å². The van der Waals surface area contributed by atoms with Crippen molar-refractivity contribution in [3.05, 3.63) is 52.6 Å². The number of unbranched alkanes of at least 4 members (excludes halogenated alkanes) is 1. The number of fused-ring (bicyclic) bond motifs is 2. The molecule has 6 heteroatoms. The molecule has 0 bridgehead atoms. The second-order valence-electron chi connectivity index (χ2n) is 7.89. The first kappa shape index (κ1) is 21.2. The maximum absolute atomic E-state index is 13.3. The SMILES string of the molecule is CCCCOc1ccc(/C=C/C(=O)c2c3c(c(OC)c4c2OCO4)CN(C)CC3)cc1. The molecule has 0 spiro atoms. The zero-order valence-electron chi connectivity index (χ0n) is 18.4. The van der Waals surface area contributed by atoms with Crippen molar-refractivity contribution in [2.24, 2.45) is 0 Å². The normalized spacial score (nSPS) is 15.2. The fourth-order valence-electron chi connectivity index (χ4n) is 4.03. The average Bonchev–Trinajstić information content (AvgIpc) is 3.26. The summed E-state index contributed by atoms with van der Waals surface area (Å²) in [4.78, 5) is 15.5. The number of hydrogen-bond acceptors (Lipinski definition) is 6. The van der Waals surface area contributed by atoms with Gasteiger partial charge in [0.2, 0.25) is 12.5 Å². The van der Waals surface area contributed by atoms with Crippen molar-refractivity contribution in [3.63, 3.8) is 0 Å². The van der Waals surface area contributed by atoms with Gasteiger partial charge in [0.15, 0.2) is 17.3 Å². The second kappa shape index (κ2) is 9.43. The van der Waals surface area contributed by atoms with Gasteiger partial charge in [-0.1, -0.05) is 31.6 Å². The molecule has 2 aliphatic rings. The summed E-state index contributed by atoms with van der Waals surface area (Å²) in [6, 6.07) is 7.76. The number of carbonyl (C=O) groups excluding carboxylic acids is 1. The van der Waals surface area contributed by atoms with E-state index in [0.29, 0.717) is 29.4 Å². The van der Waals surface area contributed by atoms with Gasteiger partial charge in [-0.25, -0.2) is 0 Å². The molecule has 0 saturated heterocycles. The number of likely N-dealkylation sites (N-methyl/N-ethyl adjacent to an activating group) is 1.